The zero-order valence-corrected chi connectivity index (χ0v) is 15.2. The lowest BCUT2D eigenvalue weighted by Gasteiger charge is -2.07. The highest BCUT2D eigenvalue weighted by Gasteiger charge is 2.16. The van der Waals surface area contributed by atoms with E-state index in [0.717, 1.165) is 35.4 Å². The van der Waals surface area contributed by atoms with E-state index >= 15 is 0 Å². The van der Waals surface area contributed by atoms with Crippen molar-refractivity contribution >= 4 is 0 Å². The van der Waals surface area contributed by atoms with Gasteiger partial charge < -0.3 is 10.2 Å². The molecule has 0 unspecified atom stereocenters. The van der Waals surface area contributed by atoms with Crippen LogP contribution < -0.4 is 0 Å². The molecule has 0 amide bonds. The summed E-state index contributed by atoms with van der Waals surface area (Å²) < 4.78 is 0. The van der Waals surface area contributed by atoms with Crippen LogP contribution in [0.3, 0.4) is 0 Å². The van der Waals surface area contributed by atoms with E-state index in [9.17, 15) is 10.2 Å². The average Bonchev–Trinajstić information content (AvgIpc) is 3.07. The number of aromatic hydroxyl groups is 2. The van der Waals surface area contributed by atoms with Crippen molar-refractivity contribution in [3.05, 3.63) is 54.1 Å². The Kier molecular flexibility index (Phi) is 5.95. The molecule has 3 aromatic rings. The number of unbranched alkanes of at least 4 members (excludes halogenated alkanes) is 4. The van der Waals surface area contributed by atoms with Crippen molar-refractivity contribution in [1.82, 2.24) is 10.2 Å². The first-order chi connectivity index (χ1) is 12.7. The van der Waals surface area contributed by atoms with Crippen LogP contribution in [0.5, 0.6) is 11.5 Å². The summed E-state index contributed by atoms with van der Waals surface area (Å²) in [4.78, 5) is 0. The Bertz CT molecular complexity index is 757. The molecule has 1 heterocycles. The number of hydrogen-bond donors (Lipinski definition) is 3. The van der Waals surface area contributed by atoms with E-state index in [1.54, 1.807) is 24.3 Å². The molecule has 0 radical (unpaired) electrons. The molecule has 0 saturated heterocycles. The molecule has 0 fully saturated rings. The molecule has 1 aromatic heterocycles. The van der Waals surface area contributed by atoms with Crippen molar-refractivity contribution in [3.63, 3.8) is 0 Å². The Morgan fingerprint density at radius 1 is 0.769 bits per heavy atom. The van der Waals surface area contributed by atoms with Gasteiger partial charge in [0, 0.05) is 16.7 Å². The summed E-state index contributed by atoms with van der Waals surface area (Å²) in [5.74, 6) is 0.511. The first kappa shape index (κ1) is 18.1. The molecule has 136 valence electrons. The second kappa shape index (κ2) is 8.56. The Morgan fingerprint density at radius 2 is 1.35 bits per heavy atom. The average molecular weight is 350 g/mol. The van der Waals surface area contributed by atoms with Gasteiger partial charge in [0.15, 0.2) is 0 Å². The van der Waals surface area contributed by atoms with Crippen LogP contribution in [-0.2, 0) is 6.42 Å². The molecule has 3 N–H and O–H groups in total. The van der Waals surface area contributed by atoms with Gasteiger partial charge in [0.1, 0.15) is 11.5 Å². The van der Waals surface area contributed by atoms with Gasteiger partial charge in [0.05, 0.1) is 11.4 Å². The number of H-pyrrole nitrogens is 1. The second-order valence-electron chi connectivity index (χ2n) is 6.68. The third-order valence-corrected chi connectivity index (χ3v) is 4.69. The fourth-order valence-corrected chi connectivity index (χ4v) is 3.24. The van der Waals surface area contributed by atoms with Crippen LogP contribution in [0.25, 0.3) is 22.5 Å². The third kappa shape index (κ3) is 4.26. The lowest BCUT2D eigenvalue weighted by atomic mass is 9.97. The van der Waals surface area contributed by atoms with Gasteiger partial charge in [0.25, 0.3) is 0 Å². The minimum atomic E-state index is 0.254. The summed E-state index contributed by atoms with van der Waals surface area (Å²) in [6.07, 6.45) is 7.06. The Hall–Kier alpha value is -2.75. The number of phenolic OH excluding ortho intramolecular Hbond substituents is 2. The van der Waals surface area contributed by atoms with E-state index in [2.05, 4.69) is 17.1 Å². The predicted octanol–water partition coefficient (Wildman–Crippen LogP) is 5.67. The van der Waals surface area contributed by atoms with Crippen molar-refractivity contribution in [3.8, 4) is 34.0 Å². The fourth-order valence-electron chi connectivity index (χ4n) is 3.24. The standard InChI is InChI=1S/C22H26N2O2/c1-2-3-4-5-6-7-20-21(16-8-12-18(25)13-9-16)23-24-22(20)17-10-14-19(26)15-11-17/h8-15,25-26H,2-7H2,1H3,(H,23,24). The fraction of sp³-hybridized carbons (Fsp3) is 0.318. The van der Waals surface area contributed by atoms with Crippen LogP contribution in [-0.4, -0.2) is 20.4 Å². The van der Waals surface area contributed by atoms with Crippen molar-refractivity contribution in [1.29, 1.82) is 0 Å². The highest BCUT2D eigenvalue weighted by atomic mass is 16.3. The number of rotatable bonds is 8. The number of benzene rings is 2. The largest absolute Gasteiger partial charge is 0.508 e. The number of nitrogens with zero attached hydrogens (tertiary/aromatic N) is 1. The van der Waals surface area contributed by atoms with Crippen LogP contribution in [0.4, 0.5) is 0 Å². The first-order valence-corrected chi connectivity index (χ1v) is 9.35. The van der Waals surface area contributed by atoms with E-state index in [0.29, 0.717) is 0 Å². The summed E-state index contributed by atoms with van der Waals surface area (Å²) in [5, 5.41) is 26.9. The quantitative estimate of drug-likeness (QED) is 0.459. The molecule has 0 bridgehead atoms. The topological polar surface area (TPSA) is 69.1 Å². The molecule has 0 aliphatic rings. The molecule has 0 atom stereocenters. The highest BCUT2D eigenvalue weighted by Crippen LogP contribution is 2.33. The van der Waals surface area contributed by atoms with Gasteiger partial charge in [-0.05, 0) is 61.4 Å². The van der Waals surface area contributed by atoms with Crippen molar-refractivity contribution in [2.75, 3.05) is 0 Å². The molecule has 3 rings (SSSR count). The van der Waals surface area contributed by atoms with Crippen LogP contribution >= 0.6 is 0 Å². The Balaban J connectivity index is 1.90. The minimum Gasteiger partial charge on any atom is -0.508 e. The summed E-state index contributed by atoms with van der Waals surface area (Å²) in [5.41, 5.74) is 5.14. The van der Waals surface area contributed by atoms with Gasteiger partial charge >= 0.3 is 0 Å². The number of aromatic nitrogens is 2. The number of aromatic amines is 1. The van der Waals surface area contributed by atoms with Crippen LogP contribution in [0.1, 0.15) is 44.6 Å². The van der Waals surface area contributed by atoms with Gasteiger partial charge in [-0.1, -0.05) is 32.6 Å². The van der Waals surface area contributed by atoms with Crippen molar-refractivity contribution in [2.24, 2.45) is 0 Å². The molecule has 0 saturated carbocycles. The summed E-state index contributed by atoms with van der Waals surface area (Å²) in [6.45, 7) is 2.22. The number of phenols is 2. The van der Waals surface area contributed by atoms with Gasteiger partial charge in [-0.3, -0.25) is 5.10 Å². The smallest absolute Gasteiger partial charge is 0.115 e. The molecule has 2 aromatic carbocycles. The molecule has 26 heavy (non-hydrogen) atoms. The zero-order valence-electron chi connectivity index (χ0n) is 15.2. The molecular weight excluding hydrogens is 324 g/mol. The molecule has 0 aliphatic heterocycles. The normalized spacial score (nSPS) is 11.0. The first-order valence-electron chi connectivity index (χ1n) is 9.35. The maximum absolute atomic E-state index is 9.56. The lowest BCUT2D eigenvalue weighted by Crippen LogP contribution is -1.92. The molecule has 4 heteroatoms. The van der Waals surface area contributed by atoms with E-state index in [1.165, 1.54) is 31.2 Å². The maximum atomic E-state index is 9.56. The van der Waals surface area contributed by atoms with E-state index in [4.69, 9.17) is 0 Å². The third-order valence-electron chi connectivity index (χ3n) is 4.69. The summed E-state index contributed by atoms with van der Waals surface area (Å²) >= 11 is 0. The number of nitrogens with one attached hydrogen (secondary N) is 1. The van der Waals surface area contributed by atoms with Gasteiger partial charge in [-0.25, -0.2) is 0 Å². The van der Waals surface area contributed by atoms with E-state index in [1.807, 2.05) is 24.3 Å². The predicted molar refractivity (Wildman–Crippen MR) is 105 cm³/mol. The summed E-state index contributed by atoms with van der Waals surface area (Å²) in [6, 6.07) is 14.4. The monoisotopic (exact) mass is 350 g/mol. The molecular formula is C22H26N2O2. The van der Waals surface area contributed by atoms with Crippen LogP contribution in [0, 0.1) is 0 Å². The van der Waals surface area contributed by atoms with E-state index in [-0.39, 0.29) is 11.5 Å². The van der Waals surface area contributed by atoms with Gasteiger partial charge in [0.2, 0.25) is 0 Å². The molecule has 0 aliphatic carbocycles. The maximum Gasteiger partial charge on any atom is 0.115 e. The van der Waals surface area contributed by atoms with Gasteiger partial charge in [-0.2, -0.15) is 5.10 Å². The summed E-state index contributed by atoms with van der Waals surface area (Å²) in [7, 11) is 0. The number of hydrogen-bond acceptors (Lipinski definition) is 3. The lowest BCUT2D eigenvalue weighted by molar-refractivity contribution is 0.475. The zero-order chi connectivity index (χ0) is 18.4. The van der Waals surface area contributed by atoms with Crippen molar-refractivity contribution < 1.29 is 10.2 Å². The Morgan fingerprint density at radius 3 is 1.96 bits per heavy atom. The van der Waals surface area contributed by atoms with Crippen LogP contribution in [0.2, 0.25) is 0 Å². The van der Waals surface area contributed by atoms with Gasteiger partial charge in [-0.15, -0.1) is 0 Å². The van der Waals surface area contributed by atoms with Crippen molar-refractivity contribution in [2.45, 2.75) is 45.4 Å². The van der Waals surface area contributed by atoms with E-state index < -0.39 is 0 Å². The second-order valence-corrected chi connectivity index (χ2v) is 6.68. The highest BCUT2D eigenvalue weighted by molar-refractivity contribution is 5.74. The Labute approximate surface area is 154 Å². The SMILES string of the molecule is CCCCCCCc1c(-c2ccc(O)cc2)n[nH]c1-c1ccc(O)cc1. The molecule has 0 spiro atoms. The van der Waals surface area contributed by atoms with Crippen LogP contribution in [0.15, 0.2) is 48.5 Å². The molecule has 4 nitrogen and oxygen atoms in total. The minimum absolute atomic E-state index is 0.254.